The van der Waals surface area contributed by atoms with Gasteiger partial charge in [0, 0.05) is 33.0 Å². The first-order valence-electron chi connectivity index (χ1n) is 24.9. The van der Waals surface area contributed by atoms with Crippen LogP contribution in [0.25, 0.3) is 60.9 Å². The molecule has 0 fully saturated rings. The lowest BCUT2D eigenvalue weighted by Gasteiger charge is -2.44. The van der Waals surface area contributed by atoms with Crippen molar-refractivity contribution in [1.82, 2.24) is 4.57 Å². The number of nitrogens with zero attached hydrogens (tertiary/aromatic N) is 3. The Labute approximate surface area is 422 Å². The fourth-order valence-corrected chi connectivity index (χ4v) is 11.5. The van der Waals surface area contributed by atoms with E-state index >= 15 is 0 Å². The summed E-state index contributed by atoms with van der Waals surface area (Å²) >= 11 is 0. The molecule has 2 aliphatic rings. The molecule has 72 heavy (non-hydrogen) atoms. The lowest BCUT2D eigenvalue weighted by Crippen LogP contribution is -2.37. The van der Waals surface area contributed by atoms with Crippen LogP contribution in [0.15, 0.2) is 264 Å². The van der Waals surface area contributed by atoms with E-state index in [1.807, 2.05) is 24.3 Å². The van der Waals surface area contributed by atoms with Gasteiger partial charge in [-0.05, 0) is 104 Å². The van der Waals surface area contributed by atoms with E-state index in [1.54, 1.807) is 0 Å². The summed E-state index contributed by atoms with van der Waals surface area (Å²) in [5, 5.41) is 2.45. The molecule has 1 atom stereocenters. The molecule has 0 radical (unpaired) electrons. The van der Waals surface area contributed by atoms with Crippen LogP contribution in [0.1, 0.15) is 59.7 Å². The Morgan fingerprint density at radius 1 is 0.542 bits per heavy atom. The van der Waals surface area contributed by atoms with Crippen LogP contribution in [-0.2, 0) is 17.4 Å². The van der Waals surface area contributed by atoms with Gasteiger partial charge in [0.15, 0.2) is 5.84 Å². The van der Waals surface area contributed by atoms with Crippen molar-refractivity contribution in [2.24, 2.45) is 15.7 Å². The zero-order chi connectivity index (χ0) is 48.8. The molecule has 2 N–H and O–H groups in total. The lowest BCUT2D eigenvalue weighted by molar-refractivity contribution is 0.592. The van der Waals surface area contributed by atoms with Gasteiger partial charge in [0.1, 0.15) is 5.84 Å². The third-order valence-electron chi connectivity index (χ3n) is 14.7. The molecule has 9 aromatic carbocycles. The Kier molecular flexibility index (Phi) is 11.2. The highest BCUT2D eigenvalue weighted by molar-refractivity contribution is 6.15. The molecule has 0 bridgehead atoms. The Morgan fingerprint density at radius 3 is 1.94 bits per heavy atom. The molecule has 0 aliphatic heterocycles. The van der Waals surface area contributed by atoms with Crippen LogP contribution in [0.3, 0.4) is 0 Å². The second-order valence-electron chi connectivity index (χ2n) is 19.5. The zero-order valence-electron chi connectivity index (χ0n) is 40.8. The molecule has 1 spiro atoms. The van der Waals surface area contributed by atoms with Crippen molar-refractivity contribution in [3.8, 4) is 39.1 Å². The summed E-state index contributed by atoms with van der Waals surface area (Å²) in [4.78, 5) is 10.5. The molecule has 1 aromatic heterocycles. The van der Waals surface area contributed by atoms with Gasteiger partial charge in [-0.15, -0.1) is 0 Å². The predicted molar refractivity (Wildman–Crippen MR) is 302 cm³/mol. The number of nitrogens with two attached hydrogens (primary N) is 1. The number of allylic oxidation sites excluding steroid dienone is 6. The smallest absolute Gasteiger partial charge is 0.157 e. The van der Waals surface area contributed by atoms with Gasteiger partial charge in [0.25, 0.3) is 0 Å². The molecule has 1 unspecified atom stereocenters. The van der Waals surface area contributed by atoms with Crippen LogP contribution in [0, 0.1) is 0 Å². The van der Waals surface area contributed by atoms with E-state index in [4.69, 9.17) is 15.7 Å². The SMILES string of the molecule is C/C=C\C=C/C1=CC(C)(C)c2ccccc2C12c1ccc(-c3ccc4c5ccccc5n(-c5ccccc5)c4c3)cc1-c1c(C(N)=NC(=NCc3ccc(-c4ccccc4)cc3)c3ccccc3)cccc12. The van der Waals surface area contributed by atoms with Crippen molar-refractivity contribution in [3.05, 3.63) is 293 Å². The first kappa shape index (κ1) is 44.4. The molecule has 1 heterocycles. The molecule has 0 amide bonds. The maximum absolute atomic E-state index is 7.45. The topological polar surface area (TPSA) is 55.7 Å². The van der Waals surface area contributed by atoms with Crippen molar-refractivity contribution in [2.45, 2.75) is 38.1 Å². The zero-order valence-corrected chi connectivity index (χ0v) is 40.8. The van der Waals surface area contributed by atoms with E-state index in [9.17, 15) is 0 Å². The maximum Gasteiger partial charge on any atom is 0.157 e. The third-order valence-corrected chi connectivity index (χ3v) is 14.7. The Hall–Kier alpha value is -8.86. The molecule has 0 saturated carbocycles. The summed E-state index contributed by atoms with van der Waals surface area (Å²) in [5.41, 5.74) is 26.0. The van der Waals surface area contributed by atoms with Crippen molar-refractivity contribution in [3.63, 3.8) is 0 Å². The summed E-state index contributed by atoms with van der Waals surface area (Å²) in [6, 6.07) is 78.3. The van der Waals surface area contributed by atoms with Gasteiger partial charge in [0.2, 0.25) is 0 Å². The minimum atomic E-state index is -0.643. The minimum absolute atomic E-state index is 0.228. The van der Waals surface area contributed by atoms with E-state index < -0.39 is 5.41 Å². The molecule has 12 rings (SSSR count). The second-order valence-corrected chi connectivity index (χ2v) is 19.5. The first-order valence-corrected chi connectivity index (χ1v) is 24.9. The number of rotatable bonds is 9. The molecule has 4 nitrogen and oxygen atoms in total. The lowest BCUT2D eigenvalue weighted by atomic mass is 9.58. The summed E-state index contributed by atoms with van der Waals surface area (Å²) < 4.78 is 2.39. The van der Waals surface area contributed by atoms with E-state index in [1.165, 1.54) is 55.2 Å². The predicted octanol–water partition coefficient (Wildman–Crippen LogP) is 16.1. The standard InChI is InChI=1S/C68H54N4/c1-4-5-9-25-52-44-67(2,3)59-30-17-18-31-60(59)68(52)58-41-39-50(51-38-40-55-54-28-16-19-33-62(54)72(63(55)43-51)53-26-14-8-15-27-53)42-57(58)64-56(29-20-32-61(64)68)65(69)71-66(49-23-12-7-13-24-49)70-45-46-34-36-48(37-35-46)47-21-10-6-11-22-47/h4-44H,45H2,1-3H3,(H2,69,70,71)/b5-4-,25-9-. The highest BCUT2D eigenvalue weighted by Gasteiger charge is 2.52. The largest absolute Gasteiger partial charge is 0.383 e. The van der Waals surface area contributed by atoms with Crippen molar-refractivity contribution in [1.29, 1.82) is 0 Å². The third kappa shape index (κ3) is 7.46. The fraction of sp³-hybridized carbons (Fsp3) is 0.0882. The van der Waals surface area contributed by atoms with E-state index in [0.29, 0.717) is 18.2 Å². The van der Waals surface area contributed by atoms with Crippen LogP contribution in [0.4, 0.5) is 0 Å². The highest BCUT2D eigenvalue weighted by Crippen LogP contribution is 2.61. The van der Waals surface area contributed by atoms with Gasteiger partial charge in [-0.25, -0.2) is 4.99 Å². The van der Waals surface area contributed by atoms with E-state index in [-0.39, 0.29) is 5.41 Å². The summed E-state index contributed by atoms with van der Waals surface area (Å²) in [5.74, 6) is 0.997. The molecule has 4 heteroatoms. The molecule has 10 aromatic rings. The van der Waals surface area contributed by atoms with Crippen LogP contribution >= 0.6 is 0 Å². The monoisotopic (exact) mass is 926 g/mol. The Morgan fingerprint density at radius 2 is 1.17 bits per heavy atom. The van der Waals surface area contributed by atoms with Gasteiger partial charge in [-0.3, -0.25) is 4.99 Å². The summed E-state index contributed by atoms with van der Waals surface area (Å²) in [7, 11) is 0. The number of para-hydroxylation sites is 2. The van der Waals surface area contributed by atoms with Crippen LogP contribution < -0.4 is 5.73 Å². The highest BCUT2D eigenvalue weighted by atomic mass is 15.0. The van der Waals surface area contributed by atoms with Gasteiger partial charge >= 0.3 is 0 Å². The number of aliphatic imine (C=N–C) groups is 2. The number of benzene rings is 9. The number of fused-ring (bicyclic) bond motifs is 10. The second kappa shape index (κ2) is 18.1. The maximum atomic E-state index is 7.45. The minimum Gasteiger partial charge on any atom is -0.383 e. The van der Waals surface area contributed by atoms with E-state index in [0.717, 1.165) is 50.1 Å². The van der Waals surface area contributed by atoms with Crippen LogP contribution in [-0.4, -0.2) is 16.2 Å². The quantitative estimate of drug-likeness (QED) is 0.0875. The average Bonchev–Trinajstić information content (AvgIpc) is 3.92. The number of amidine groups is 2. The average molecular weight is 927 g/mol. The molecule has 0 saturated heterocycles. The number of aromatic nitrogens is 1. The van der Waals surface area contributed by atoms with Crippen molar-refractivity contribution < 1.29 is 0 Å². The van der Waals surface area contributed by atoms with Gasteiger partial charge in [-0.1, -0.05) is 232 Å². The molecule has 2 aliphatic carbocycles. The Balaban J connectivity index is 1.06. The molecular weight excluding hydrogens is 873 g/mol. The van der Waals surface area contributed by atoms with Gasteiger partial charge in [0.05, 0.1) is 23.0 Å². The number of hydrogen-bond donors (Lipinski definition) is 1. The van der Waals surface area contributed by atoms with Gasteiger partial charge < -0.3 is 10.3 Å². The van der Waals surface area contributed by atoms with Gasteiger partial charge in [-0.2, -0.15) is 0 Å². The number of hydrogen-bond acceptors (Lipinski definition) is 1. The van der Waals surface area contributed by atoms with Crippen LogP contribution in [0.2, 0.25) is 0 Å². The summed E-state index contributed by atoms with van der Waals surface area (Å²) in [6.07, 6.45) is 11.2. The Bertz CT molecular complexity index is 3850. The molecule has 346 valence electrons. The van der Waals surface area contributed by atoms with Crippen LogP contribution in [0.5, 0.6) is 0 Å². The fourth-order valence-electron chi connectivity index (χ4n) is 11.5. The van der Waals surface area contributed by atoms with E-state index in [2.05, 4.69) is 250 Å². The van der Waals surface area contributed by atoms with Crippen molar-refractivity contribution in [2.75, 3.05) is 0 Å². The summed E-state index contributed by atoms with van der Waals surface area (Å²) in [6.45, 7) is 7.17. The van der Waals surface area contributed by atoms with Crippen molar-refractivity contribution >= 4 is 33.5 Å². The molecular formula is C68H54N4. The normalized spacial score (nSPS) is 16.1. The first-order chi connectivity index (χ1) is 35.3.